The van der Waals surface area contributed by atoms with Crippen LogP contribution in [-0.4, -0.2) is 41.3 Å². The Kier molecular flexibility index (Phi) is 3.79. The zero-order valence-corrected chi connectivity index (χ0v) is 14.3. The minimum Gasteiger partial charge on any atom is -0.337 e. The predicted octanol–water partition coefficient (Wildman–Crippen LogP) is 2.66. The number of aromatic nitrogens is 1. The largest absolute Gasteiger partial charge is 0.337 e. The number of rotatable bonds is 2. The van der Waals surface area contributed by atoms with Crippen LogP contribution in [0.3, 0.4) is 0 Å². The molecule has 2 aliphatic heterocycles. The number of carbonyl (C=O) groups excluding carboxylic acids is 2. The average Bonchev–Trinajstić information content (AvgIpc) is 3.19. The first-order valence-electron chi connectivity index (χ1n) is 8.64. The molecule has 5 heteroatoms. The number of aryl methyl sites for hydroxylation is 1. The van der Waals surface area contributed by atoms with Gasteiger partial charge in [-0.25, -0.2) is 0 Å². The Balaban J connectivity index is 1.50. The molecular formula is C20H21N3O2. The van der Waals surface area contributed by atoms with Crippen molar-refractivity contribution in [3.05, 3.63) is 59.9 Å². The lowest BCUT2D eigenvalue weighted by molar-refractivity contribution is -0.117. The topological polar surface area (TPSA) is 53.5 Å². The van der Waals surface area contributed by atoms with Crippen molar-refractivity contribution >= 4 is 17.5 Å². The predicted molar refractivity (Wildman–Crippen MR) is 95.3 cm³/mol. The van der Waals surface area contributed by atoms with Gasteiger partial charge in [-0.2, -0.15) is 0 Å². The monoisotopic (exact) mass is 335 g/mol. The van der Waals surface area contributed by atoms with Gasteiger partial charge in [0.1, 0.15) is 5.69 Å². The molecule has 1 spiro atoms. The van der Waals surface area contributed by atoms with E-state index >= 15 is 0 Å². The highest BCUT2D eigenvalue weighted by Gasteiger charge is 2.48. The van der Waals surface area contributed by atoms with Crippen molar-refractivity contribution in [2.24, 2.45) is 5.41 Å². The molecule has 5 nitrogen and oxygen atoms in total. The van der Waals surface area contributed by atoms with E-state index in [1.807, 2.05) is 47.1 Å². The van der Waals surface area contributed by atoms with Crippen molar-refractivity contribution in [1.82, 2.24) is 9.88 Å². The standard InChI is InChI=1S/C20H21N3O2/c1-15-5-7-16(8-6-15)23-14-20(12-18(23)24)9-11-22(13-20)19(25)17-4-2-3-10-21-17/h2-8,10H,9,11-14H2,1H3/t20-/m1/s1. The fourth-order valence-electron chi connectivity index (χ4n) is 3.89. The number of nitrogens with zero attached hydrogens (tertiary/aromatic N) is 3. The fraction of sp³-hybridized carbons (Fsp3) is 0.350. The molecule has 4 rings (SSSR count). The Morgan fingerprint density at radius 3 is 2.64 bits per heavy atom. The Morgan fingerprint density at radius 2 is 1.92 bits per heavy atom. The second-order valence-corrected chi connectivity index (χ2v) is 7.18. The summed E-state index contributed by atoms with van der Waals surface area (Å²) in [4.78, 5) is 33.1. The third-order valence-electron chi connectivity index (χ3n) is 5.28. The SMILES string of the molecule is Cc1ccc(N2C[C@]3(CCN(C(=O)c4ccccn4)C3)CC2=O)cc1. The molecule has 1 atom stereocenters. The van der Waals surface area contributed by atoms with Crippen molar-refractivity contribution in [2.45, 2.75) is 19.8 Å². The summed E-state index contributed by atoms with van der Waals surface area (Å²) in [5, 5.41) is 0. The van der Waals surface area contributed by atoms with Crippen LogP contribution in [0.25, 0.3) is 0 Å². The quantitative estimate of drug-likeness (QED) is 0.848. The molecule has 2 fully saturated rings. The van der Waals surface area contributed by atoms with E-state index in [0.717, 1.165) is 12.1 Å². The van der Waals surface area contributed by atoms with E-state index in [1.165, 1.54) is 5.56 Å². The molecule has 2 amide bonds. The van der Waals surface area contributed by atoms with E-state index in [-0.39, 0.29) is 17.2 Å². The summed E-state index contributed by atoms with van der Waals surface area (Å²) < 4.78 is 0. The van der Waals surface area contributed by atoms with Gasteiger partial charge in [0.25, 0.3) is 5.91 Å². The average molecular weight is 335 g/mol. The zero-order chi connectivity index (χ0) is 17.4. The van der Waals surface area contributed by atoms with E-state index in [2.05, 4.69) is 4.98 Å². The third-order valence-corrected chi connectivity index (χ3v) is 5.28. The van der Waals surface area contributed by atoms with Gasteiger partial charge in [-0.3, -0.25) is 14.6 Å². The Labute approximate surface area is 147 Å². The number of hydrogen-bond acceptors (Lipinski definition) is 3. The minimum atomic E-state index is -0.133. The summed E-state index contributed by atoms with van der Waals surface area (Å²) in [5.74, 6) is 0.106. The number of benzene rings is 1. The van der Waals surface area contributed by atoms with Gasteiger partial charge in [-0.05, 0) is 37.6 Å². The fourth-order valence-corrected chi connectivity index (χ4v) is 3.89. The molecule has 1 aromatic carbocycles. The van der Waals surface area contributed by atoms with Crippen LogP contribution in [-0.2, 0) is 4.79 Å². The van der Waals surface area contributed by atoms with Crippen LogP contribution in [0, 0.1) is 12.3 Å². The maximum atomic E-state index is 12.6. The Bertz CT molecular complexity index is 803. The first kappa shape index (κ1) is 15.8. The van der Waals surface area contributed by atoms with Gasteiger partial charge in [-0.1, -0.05) is 23.8 Å². The van der Waals surface area contributed by atoms with Crippen molar-refractivity contribution < 1.29 is 9.59 Å². The third kappa shape index (κ3) is 2.90. The van der Waals surface area contributed by atoms with E-state index in [0.29, 0.717) is 31.7 Å². The normalized spacial score (nSPS) is 22.8. The molecule has 0 radical (unpaired) electrons. The molecule has 2 saturated heterocycles. The summed E-state index contributed by atoms with van der Waals surface area (Å²) in [5.41, 5.74) is 2.46. The molecule has 2 aliphatic rings. The second-order valence-electron chi connectivity index (χ2n) is 7.18. The first-order chi connectivity index (χ1) is 12.1. The molecule has 0 saturated carbocycles. The van der Waals surface area contributed by atoms with Gasteiger partial charge >= 0.3 is 0 Å². The molecule has 25 heavy (non-hydrogen) atoms. The van der Waals surface area contributed by atoms with E-state index in [4.69, 9.17) is 0 Å². The maximum absolute atomic E-state index is 12.6. The molecule has 1 aromatic heterocycles. The van der Waals surface area contributed by atoms with E-state index < -0.39 is 0 Å². The lowest BCUT2D eigenvalue weighted by atomic mass is 9.86. The van der Waals surface area contributed by atoms with Gasteiger partial charge in [0.05, 0.1) is 0 Å². The molecule has 0 aliphatic carbocycles. The number of likely N-dealkylation sites (tertiary alicyclic amines) is 1. The van der Waals surface area contributed by atoms with E-state index in [9.17, 15) is 9.59 Å². The number of carbonyl (C=O) groups is 2. The van der Waals surface area contributed by atoms with Gasteiger partial charge in [0, 0.05) is 43.4 Å². The van der Waals surface area contributed by atoms with Crippen LogP contribution in [0.4, 0.5) is 5.69 Å². The number of pyridine rings is 1. The molecule has 128 valence electrons. The van der Waals surface area contributed by atoms with Crippen molar-refractivity contribution in [3.63, 3.8) is 0 Å². The molecule has 0 bridgehead atoms. The summed E-state index contributed by atoms with van der Waals surface area (Å²) in [6, 6.07) is 13.4. The highest BCUT2D eigenvalue weighted by molar-refractivity contribution is 5.97. The zero-order valence-electron chi connectivity index (χ0n) is 14.3. The van der Waals surface area contributed by atoms with E-state index in [1.54, 1.807) is 18.3 Å². The molecule has 0 N–H and O–H groups in total. The van der Waals surface area contributed by atoms with Crippen molar-refractivity contribution in [3.8, 4) is 0 Å². The van der Waals surface area contributed by atoms with Crippen LogP contribution in [0.1, 0.15) is 28.9 Å². The molecule has 0 unspecified atom stereocenters. The van der Waals surface area contributed by atoms with Gasteiger partial charge in [0.2, 0.25) is 5.91 Å². The van der Waals surface area contributed by atoms with Crippen molar-refractivity contribution in [2.75, 3.05) is 24.5 Å². The molecule has 3 heterocycles. The van der Waals surface area contributed by atoms with Gasteiger partial charge in [0.15, 0.2) is 0 Å². The highest BCUT2D eigenvalue weighted by Crippen LogP contribution is 2.42. The van der Waals surface area contributed by atoms with Crippen LogP contribution in [0.5, 0.6) is 0 Å². The number of hydrogen-bond donors (Lipinski definition) is 0. The summed E-state index contributed by atoms with van der Waals surface area (Å²) >= 11 is 0. The minimum absolute atomic E-state index is 0.0429. The molecular weight excluding hydrogens is 314 g/mol. The number of anilines is 1. The van der Waals surface area contributed by atoms with Crippen LogP contribution in [0.2, 0.25) is 0 Å². The lowest BCUT2D eigenvalue weighted by Gasteiger charge is -2.24. The van der Waals surface area contributed by atoms with Crippen LogP contribution >= 0.6 is 0 Å². The number of amides is 2. The highest BCUT2D eigenvalue weighted by atomic mass is 16.2. The first-order valence-corrected chi connectivity index (χ1v) is 8.64. The van der Waals surface area contributed by atoms with Crippen LogP contribution < -0.4 is 4.90 Å². The maximum Gasteiger partial charge on any atom is 0.272 e. The smallest absolute Gasteiger partial charge is 0.272 e. The lowest BCUT2D eigenvalue weighted by Crippen LogP contribution is -2.34. The summed E-state index contributed by atoms with van der Waals surface area (Å²) in [7, 11) is 0. The Morgan fingerprint density at radius 1 is 1.12 bits per heavy atom. The summed E-state index contributed by atoms with van der Waals surface area (Å²) in [6.45, 7) is 4.02. The Hall–Kier alpha value is -2.69. The van der Waals surface area contributed by atoms with Crippen molar-refractivity contribution in [1.29, 1.82) is 0 Å². The van der Waals surface area contributed by atoms with Gasteiger partial charge in [-0.15, -0.1) is 0 Å². The summed E-state index contributed by atoms with van der Waals surface area (Å²) in [6.07, 6.45) is 3.00. The van der Waals surface area contributed by atoms with Crippen LogP contribution in [0.15, 0.2) is 48.7 Å². The molecule has 2 aromatic rings. The second kappa shape index (κ2) is 5.99. The van der Waals surface area contributed by atoms with Gasteiger partial charge < -0.3 is 9.80 Å².